The Morgan fingerprint density at radius 2 is 1.72 bits per heavy atom. The number of para-hydroxylation sites is 1. The summed E-state index contributed by atoms with van der Waals surface area (Å²) in [4.78, 5) is 35.1. The number of amides is 3. The molecule has 25 heavy (non-hydrogen) atoms. The first-order valence-corrected chi connectivity index (χ1v) is 7.69. The van der Waals surface area contributed by atoms with Crippen molar-refractivity contribution in [3.63, 3.8) is 0 Å². The number of hydrogen-bond donors (Lipinski definition) is 2. The summed E-state index contributed by atoms with van der Waals surface area (Å²) < 4.78 is 0. The first-order valence-electron chi connectivity index (χ1n) is 7.69. The van der Waals surface area contributed by atoms with E-state index in [9.17, 15) is 19.7 Å². The van der Waals surface area contributed by atoms with E-state index in [4.69, 9.17) is 0 Å². The van der Waals surface area contributed by atoms with Gasteiger partial charge in [0.2, 0.25) is 0 Å². The van der Waals surface area contributed by atoms with E-state index >= 15 is 0 Å². The molecule has 3 rings (SSSR count). The molecule has 0 aromatic heterocycles. The number of hydrazine groups is 1. The van der Waals surface area contributed by atoms with E-state index < -0.39 is 22.9 Å². The van der Waals surface area contributed by atoms with Crippen molar-refractivity contribution >= 4 is 17.6 Å². The molecule has 2 aromatic carbocycles. The summed E-state index contributed by atoms with van der Waals surface area (Å²) in [5.74, 6) is -0.409. The third-order valence-corrected chi connectivity index (χ3v) is 3.90. The molecular formula is C17H16N4O4. The number of nitro groups is 1. The molecule has 0 radical (unpaired) electrons. The highest BCUT2D eigenvalue weighted by Crippen LogP contribution is 2.20. The Hall–Kier alpha value is -3.42. The number of rotatable bonds is 5. The van der Waals surface area contributed by atoms with Gasteiger partial charge in [-0.1, -0.05) is 48.5 Å². The van der Waals surface area contributed by atoms with E-state index in [-0.39, 0.29) is 18.7 Å². The second-order valence-electron chi connectivity index (χ2n) is 5.64. The molecular weight excluding hydrogens is 324 g/mol. The van der Waals surface area contributed by atoms with E-state index in [1.807, 2.05) is 30.3 Å². The minimum Gasteiger partial charge on any atom is -0.324 e. The summed E-state index contributed by atoms with van der Waals surface area (Å²) in [6.07, 6.45) is 0.0495. The Kier molecular flexibility index (Phi) is 4.60. The van der Waals surface area contributed by atoms with Gasteiger partial charge in [0, 0.05) is 18.1 Å². The molecule has 0 saturated carbocycles. The van der Waals surface area contributed by atoms with Gasteiger partial charge in [-0.2, -0.15) is 0 Å². The van der Waals surface area contributed by atoms with Crippen LogP contribution in [0, 0.1) is 10.1 Å². The molecule has 2 N–H and O–H groups in total. The summed E-state index contributed by atoms with van der Waals surface area (Å²) in [5, 5.41) is 14.9. The lowest BCUT2D eigenvalue weighted by atomic mass is 10.0. The fourth-order valence-electron chi connectivity index (χ4n) is 2.66. The number of urea groups is 1. The Balaban J connectivity index is 1.70. The maximum Gasteiger partial charge on any atom is 0.337 e. The van der Waals surface area contributed by atoms with Gasteiger partial charge in [0.15, 0.2) is 0 Å². The molecule has 8 heteroatoms. The fourth-order valence-corrected chi connectivity index (χ4v) is 2.66. The van der Waals surface area contributed by atoms with Gasteiger partial charge in [0.25, 0.3) is 11.6 Å². The summed E-state index contributed by atoms with van der Waals surface area (Å²) in [7, 11) is 0. The van der Waals surface area contributed by atoms with Gasteiger partial charge in [0.1, 0.15) is 6.04 Å². The minimum absolute atomic E-state index is 0.0495. The van der Waals surface area contributed by atoms with Crippen molar-refractivity contribution in [3.05, 3.63) is 75.8 Å². The van der Waals surface area contributed by atoms with Crippen LogP contribution in [0.25, 0.3) is 0 Å². The highest BCUT2D eigenvalue weighted by atomic mass is 16.6. The van der Waals surface area contributed by atoms with Crippen LogP contribution in [0.5, 0.6) is 0 Å². The standard InChI is InChI=1S/C17H16N4O4/c22-16-14(10-13-8-4-5-9-15(13)21(24)25)18-17(23)20(19-16)11-12-6-2-1-3-7-12/h1-9,14H,10-11H2,(H,18,23)(H,19,22)/t14-/m0/s1. The monoisotopic (exact) mass is 340 g/mol. The van der Waals surface area contributed by atoms with Crippen LogP contribution in [-0.4, -0.2) is 27.9 Å². The molecule has 0 aliphatic carbocycles. The van der Waals surface area contributed by atoms with Crippen LogP contribution in [0.4, 0.5) is 10.5 Å². The largest absolute Gasteiger partial charge is 0.337 e. The molecule has 1 saturated heterocycles. The molecule has 2 aromatic rings. The predicted molar refractivity (Wildman–Crippen MR) is 89.2 cm³/mol. The first-order chi connectivity index (χ1) is 12.0. The fraction of sp³-hybridized carbons (Fsp3) is 0.176. The van der Waals surface area contributed by atoms with Crippen LogP contribution < -0.4 is 10.7 Å². The van der Waals surface area contributed by atoms with E-state index in [2.05, 4.69) is 10.7 Å². The molecule has 128 valence electrons. The number of benzene rings is 2. The van der Waals surface area contributed by atoms with E-state index in [1.165, 1.54) is 11.1 Å². The number of carbonyl (C=O) groups is 2. The van der Waals surface area contributed by atoms with Gasteiger partial charge >= 0.3 is 6.03 Å². The molecule has 0 spiro atoms. The second-order valence-corrected chi connectivity index (χ2v) is 5.64. The molecule has 1 heterocycles. The smallest absolute Gasteiger partial charge is 0.324 e. The zero-order valence-electron chi connectivity index (χ0n) is 13.2. The Morgan fingerprint density at radius 1 is 1.04 bits per heavy atom. The van der Waals surface area contributed by atoms with Crippen molar-refractivity contribution < 1.29 is 14.5 Å². The van der Waals surface area contributed by atoms with Crippen molar-refractivity contribution in [3.8, 4) is 0 Å². The molecule has 1 atom stereocenters. The Labute approximate surface area is 143 Å². The Bertz CT molecular complexity index is 809. The van der Waals surface area contributed by atoms with Gasteiger partial charge < -0.3 is 5.32 Å². The van der Waals surface area contributed by atoms with Gasteiger partial charge in [-0.3, -0.25) is 20.3 Å². The average Bonchev–Trinajstić information content (AvgIpc) is 2.60. The lowest BCUT2D eigenvalue weighted by Crippen LogP contribution is -2.64. The average molecular weight is 340 g/mol. The predicted octanol–water partition coefficient (Wildman–Crippen LogP) is 1.76. The highest BCUT2D eigenvalue weighted by Gasteiger charge is 2.32. The summed E-state index contributed by atoms with van der Waals surface area (Å²) >= 11 is 0. The quantitative estimate of drug-likeness (QED) is 0.639. The molecule has 3 amide bonds. The van der Waals surface area contributed by atoms with Crippen molar-refractivity contribution in [1.82, 2.24) is 15.8 Å². The summed E-state index contributed by atoms with van der Waals surface area (Å²) in [6.45, 7) is 0.233. The molecule has 1 aliphatic heterocycles. The number of nitrogens with zero attached hydrogens (tertiary/aromatic N) is 2. The molecule has 0 unspecified atom stereocenters. The zero-order chi connectivity index (χ0) is 17.8. The highest BCUT2D eigenvalue weighted by molar-refractivity contribution is 5.92. The van der Waals surface area contributed by atoms with Crippen LogP contribution in [0.2, 0.25) is 0 Å². The van der Waals surface area contributed by atoms with Crippen molar-refractivity contribution in [2.75, 3.05) is 0 Å². The molecule has 1 aliphatic rings. The molecule has 8 nitrogen and oxygen atoms in total. The molecule has 1 fully saturated rings. The van der Waals surface area contributed by atoms with Gasteiger partial charge in [0.05, 0.1) is 11.5 Å². The van der Waals surface area contributed by atoms with Crippen LogP contribution >= 0.6 is 0 Å². The van der Waals surface area contributed by atoms with Crippen molar-refractivity contribution in [2.24, 2.45) is 0 Å². The van der Waals surface area contributed by atoms with Crippen molar-refractivity contribution in [1.29, 1.82) is 0 Å². The van der Waals surface area contributed by atoms with Crippen LogP contribution in [0.15, 0.2) is 54.6 Å². The first kappa shape index (κ1) is 16.4. The van der Waals surface area contributed by atoms with Gasteiger partial charge in [-0.05, 0) is 5.56 Å². The van der Waals surface area contributed by atoms with Crippen LogP contribution in [0.3, 0.4) is 0 Å². The van der Waals surface area contributed by atoms with Crippen molar-refractivity contribution in [2.45, 2.75) is 19.0 Å². The van der Waals surface area contributed by atoms with E-state index in [0.717, 1.165) is 5.56 Å². The normalized spacial score (nSPS) is 17.0. The van der Waals surface area contributed by atoms with Gasteiger partial charge in [-0.25, -0.2) is 9.80 Å². The topological polar surface area (TPSA) is 105 Å². The van der Waals surface area contributed by atoms with E-state index in [1.54, 1.807) is 18.2 Å². The number of nitro benzene ring substituents is 1. The second kappa shape index (κ2) is 7.00. The SMILES string of the molecule is O=C1NN(Cc2ccccc2)C(=O)N[C@H]1Cc1ccccc1[N+](=O)[O-]. The third-order valence-electron chi connectivity index (χ3n) is 3.90. The number of carbonyl (C=O) groups excluding carboxylic acids is 2. The summed E-state index contributed by atoms with van der Waals surface area (Å²) in [5.41, 5.74) is 3.74. The molecule has 0 bridgehead atoms. The number of nitrogens with one attached hydrogen (secondary N) is 2. The maximum atomic E-state index is 12.3. The minimum atomic E-state index is -0.861. The van der Waals surface area contributed by atoms with Crippen LogP contribution in [-0.2, 0) is 17.8 Å². The van der Waals surface area contributed by atoms with E-state index in [0.29, 0.717) is 5.56 Å². The lowest BCUT2D eigenvalue weighted by molar-refractivity contribution is -0.385. The summed E-state index contributed by atoms with van der Waals surface area (Å²) in [6, 6.07) is 14.1. The zero-order valence-corrected chi connectivity index (χ0v) is 13.2. The van der Waals surface area contributed by atoms with Gasteiger partial charge in [-0.15, -0.1) is 0 Å². The number of hydrogen-bond acceptors (Lipinski definition) is 4. The third kappa shape index (κ3) is 3.74. The Morgan fingerprint density at radius 3 is 2.44 bits per heavy atom. The van der Waals surface area contributed by atoms with Crippen LogP contribution in [0.1, 0.15) is 11.1 Å². The maximum absolute atomic E-state index is 12.3. The lowest BCUT2D eigenvalue weighted by Gasteiger charge is -2.32.